The van der Waals surface area contributed by atoms with Gasteiger partial charge in [-0.1, -0.05) is 24.6 Å². The first-order valence-corrected chi connectivity index (χ1v) is 8.62. The number of carbonyl (C=O) groups is 1. The molecule has 0 aliphatic carbocycles. The van der Waals surface area contributed by atoms with Gasteiger partial charge in [-0.3, -0.25) is 0 Å². The van der Waals surface area contributed by atoms with Crippen LogP contribution in [0, 0.1) is 6.92 Å². The second-order valence-corrected chi connectivity index (χ2v) is 6.37. The molecule has 1 aliphatic rings. The SMILES string of the molecule is CCC(O)CCNC(=O)NC1CCCN(c2ccc(C)cc2)C1. The van der Waals surface area contributed by atoms with Crippen LogP contribution in [0.1, 0.15) is 38.2 Å². The lowest BCUT2D eigenvalue weighted by atomic mass is 10.0. The Morgan fingerprint density at radius 2 is 2.13 bits per heavy atom. The molecule has 3 N–H and O–H groups in total. The Morgan fingerprint density at radius 3 is 2.83 bits per heavy atom. The molecule has 2 unspecified atom stereocenters. The summed E-state index contributed by atoms with van der Waals surface area (Å²) in [5, 5.41) is 15.4. The van der Waals surface area contributed by atoms with E-state index < -0.39 is 0 Å². The summed E-state index contributed by atoms with van der Waals surface area (Å²) in [5.41, 5.74) is 2.47. The molecular weight excluding hydrogens is 290 g/mol. The average molecular weight is 319 g/mol. The number of benzene rings is 1. The van der Waals surface area contributed by atoms with Gasteiger partial charge in [-0.15, -0.1) is 0 Å². The number of urea groups is 1. The van der Waals surface area contributed by atoms with E-state index in [0.717, 1.165) is 32.4 Å². The summed E-state index contributed by atoms with van der Waals surface area (Å²) in [7, 11) is 0. The van der Waals surface area contributed by atoms with E-state index in [0.29, 0.717) is 13.0 Å². The largest absolute Gasteiger partial charge is 0.393 e. The third-order valence-corrected chi connectivity index (χ3v) is 4.39. The number of aryl methyl sites for hydroxylation is 1. The van der Waals surface area contributed by atoms with Crippen LogP contribution in [0.15, 0.2) is 24.3 Å². The van der Waals surface area contributed by atoms with E-state index in [1.807, 2.05) is 6.92 Å². The quantitative estimate of drug-likeness (QED) is 0.754. The zero-order valence-electron chi connectivity index (χ0n) is 14.2. The van der Waals surface area contributed by atoms with E-state index in [2.05, 4.69) is 46.7 Å². The minimum absolute atomic E-state index is 0.135. The Kier molecular flexibility index (Phi) is 6.71. The zero-order valence-corrected chi connectivity index (χ0v) is 14.2. The standard InChI is InChI=1S/C18H29N3O2/c1-3-17(22)10-11-19-18(23)20-15-5-4-12-21(13-15)16-8-6-14(2)7-9-16/h6-9,15,17,22H,3-5,10-13H2,1-2H3,(H2,19,20,23). The van der Waals surface area contributed by atoms with Crippen LogP contribution >= 0.6 is 0 Å². The lowest BCUT2D eigenvalue weighted by Gasteiger charge is -2.34. The van der Waals surface area contributed by atoms with Crippen molar-refractivity contribution in [1.29, 1.82) is 0 Å². The van der Waals surface area contributed by atoms with Gasteiger partial charge >= 0.3 is 6.03 Å². The van der Waals surface area contributed by atoms with E-state index in [9.17, 15) is 9.90 Å². The first-order valence-electron chi connectivity index (χ1n) is 8.62. The molecule has 2 atom stereocenters. The van der Waals surface area contributed by atoms with Crippen molar-refractivity contribution in [2.45, 2.75) is 51.7 Å². The fourth-order valence-corrected chi connectivity index (χ4v) is 2.88. The van der Waals surface area contributed by atoms with E-state index in [4.69, 9.17) is 0 Å². The van der Waals surface area contributed by atoms with Gasteiger partial charge in [0.1, 0.15) is 0 Å². The number of amides is 2. The van der Waals surface area contributed by atoms with Crippen LogP contribution in [0.3, 0.4) is 0 Å². The van der Waals surface area contributed by atoms with Crippen molar-refractivity contribution in [3.8, 4) is 0 Å². The molecule has 1 aromatic rings. The van der Waals surface area contributed by atoms with Crippen molar-refractivity contribution in [3.05, 3.63) is 29.8 Å². The number of rotatable bonds is 6. The molecule has 5 heteroatoms. The van der Waals surface area contributed by atoms with Gasteiger partial charge in [0.25, 0.3) is 0 Å². The summed E-state index contributed by atoms with van der Waals surface area (Å²) < 4.78 is 0. The molecule has 1 heterocycles. The molecule has 2 rings (SSSR count). The van der Waals surface area contributed by atoms with E-state index in [1.54, 1.807) is 0 Å². The van der Waals surface area contributed by atoms with Gasteiger partial charge in [-0.25, -0.2) is 4.79 Å². The van der Waals surface area contributed by atoms with Gasteiger partial charge in [0, 0.05) is 31.4 Å². The molecule has 0 radical (unpaired) electrons. The molecule has 0 saturated carbocycles. The first kappa shape index (κ1) is 17.6. The average Bonchev–Trinajstić information content (AvgIpc) is 2.55. The number of nitrogens with one attached hydrogen (secondary N) is 2. The maximum Gasteiger partial charge on any atom is 0.315 e. The van der Waals surface area contributed by atoms with Crippen molar-refractivity contribution in [2.75, 3.05) is 24.5 Å². The molecular formula is C18H29N3O2. The Labute approximate surface area is 139 Å². The highest BCUT2D eigenvalue weighted by Crippen LogP contribution is 2.20. The van der Waals surface area contributed by atoms with Gasteiger partial charge in [-0.2, -0.15) is 0 Å². The Balaban J connectivity index is 1.77. The lowest BCUT2D eigenvalue weighted by Crippen LogP contribution is -2.50. The number of aliphatic hydroxyl groups is 1. The molecule has 1 aliphatic heterocycles. The molecule has 1 fully saturated rings. The fourth-order valence-electron chi connectivity index (χ4n) is 2.88. The van der Waals surface area contributed by atoms with Crippen LogP contribution in [0.5, 0.6) is 0 Å². The Hall–Kier alpha value is -1.75. The minimum Gasteiger partial charge on any atom is -0.393 e. The van der Waals surface area contributed by atoms with Crippen molar-refractivity contribution in [2.24, 2.45) is 0 Å². The number of anilines is 1. The van der Waals surface area contributed by atoms with Crippen LogP contribution in [0.2, 0.25) is 0 Å². The highest BCUT2D eigenvalue weighted by atomic mass is 16.3. The van der Waals surface area contributed by atoms with Crippen molar-refractivity contribution >= 4 is 11.7 Å². The highest BCUT2D eigenvalue weighted by Gasteiger charge is 2.21. The van der Waals surface area contributed by atoms with Crippen molar-refractivity contribution in [1.82, 2.24) is 10.6 Å². The second-order valence-electron chi connectivity index (χ2n) is 6.37. The number of carbonyl (C=O) groups excluding carboxylic acids is 1. The summed E-state index contributed by atoms with van der Waals surface area (Å²) in [6.45, 7) is 6.41. The molecule has 23 heavy (non-hydrogen) atoms. The first-order chi connectivity index (χ1) is 11.1. The normalized spacial score (nSPS) is 19.3. The van der Waals surface area contributed by atoms with Crippen LogP contribution in [0.25, 0.3) is 0 Å². The zero-order chi connectivity index (χ0) is 16.7. The fraction of sp³-hybridized carbons (Fsp3) is 0.611. The molecule has 1 aromatic carbocycles. The molecule has 2 amide bonds. The van der Waals surface area contributed by atoms with E-state index in [-0.39, 0.29) is 18.2 Å². The molecule has 0 spiro atoms. The Bertz CT molecular complexity index is 490. The predicted octanol–water partition coefficient (Wildman–Crippen LogP) is 2.42. The highest BCUT2D eigenvalue weighted by molar-refractivity contribution is 5.74. The van der Waals surface area contributed by atoms with Gasteiger partial charge in [0.2, 0.25) is 0 Å². The number of nitrogens with zero attached hydrogens (tertiary/aromatic N) is 1. The van der Waals surface area contributed by atoms with Gasteiger partial charge < -0.3 is 20.6 Å². The number of aliphatic hydroxyl groups excluding tert-OH is 1. The predicted molar refractivity (Wildman–Crippen MR) is 93.9 cm³/mol. The van der Waals surface area contributed by atoms with E-state index in [1.165, 1.54) is 11.3 Å². The molecule has 0 bridgehead atoms. The molecule has 5 nitrogen and oxygen atoms in total. The number of hydrogen-bond donors (Lipinski definition) is 3. The third kappa shape index (κ3) is 5.75. The van der Waals surface area contributed by atoms with Crippen molar-refractivity contribution < 1.29 is 9.90 Å². The summed E-state index contributed by atoms with van der Waals surface area (Å²) in [4.78, 5) is 14.3. The Morgan fingerprint density at radius 1 is 1.39 bits per heavy atom. The van der Waals surface area contributed by atoms with Gasteiger partial charge in [0.05, 0.1) is 6.10 Å². The molecule has 1 saturated heterocycles. The summed E-state index contributed by atoms with van der Waals surface area (Å²) in [6, 6.07) is 8.56. The van der Waals surface area contributed by atoms with Crippen LogP contribution in [0.4, 0.5) is 10.5 Å². The van der Waals surface area contributed by atoms with Crippen LogP contribution in [-0.4, -0.2) is 42.9 Å². The summed E-state index contributed by atoms with van der Waals surface area (Å²) in [6.07, 6.45) is 3.07. The smallest absolute Gasteiger partial charge is 0.315 e. The van der Waals surface area contributed by atoms with Crippen LogP contribution < -0.4 is 15.5 Å². The van der Waals surface area contributed by atoms with Gasteiger partial charge in [0.15, 0.2) is 0 Å². The summed E-state index contributed by atoms with van der Waals surface area (Å²) in [5.74, 6) is 0. The van der Waals surface area contributed by atoms with Crippen LogP contribution in [-0.2, 0) is 0 Å². The topological polar surface area (TPSA) is 64.6 Å². The van der Waals surface area contributed by atoms with E-state index >= 15 is 0 Å². The maximum absolute atomic E-state index is 11.9. The number of hydrogen-bond acceptors (Lipinski definition) is 3. The minimum atomic E-state index is -0.331. The second kappa shape index (κ2) is 8.77. The maximum atomic E-state index is 11.9. The summed E-state index contributed by atoms with van der Waals surface area (Å²) >= 11 is 0. The third-order valence-electron chi connectivity index (χ3n) is 4.39. The lowest BCUT2D eigenvalue weighted by molar-refractivity contribution is 0.160. The van der Waals surface area contributed by atoms with Crippen molar-refractivity contribution in [3.63, 3.8) is 0 Å². The van der Waals surface area contributed by atoms with Gasteiger partial charge in [-0.05, 0) is 44.7 Å². The molecule has 128 valence electrons. The molecule has 0 aromatic heterocycles. The monoisotopic (exact) mass is 319 g/mol. The number of piperidine rings is 1.